The number of amides is 2. The van der Waals surface area contributed by atoms with E-state index < -0.39 is 52.5 Å². The average molecular weight is 654 g/mol. The number of anilines is 1. The number of benzene rings is 2. The maximum atomic E-state index is 14.3. The third-order valence-corrected chi connectivity index (χ3v) is 6.59. The van der Waals surface area contributed by atoms with Gasteiger partial charge in [-0.1, -0.05) is 18.2 Å². The lowest BCUT2D eigenvalue weighted by Gasteiger charge is -2.30. The van der Waals surface area contributed by atoms with Gasteiger partial charge in [-0.3, -0.25) is 9.59 Å². The Kier molecular flexibility index (Phi) is 9.15. The minimum absolute atomic E-state index is 0.114. The molecule has 2 amide bonds. The van der Waals surface area contributed by atoms with Gasteiger partial charge in [-0.2, -0.15) is 26.3 Å². The highest BCUT2D eigenvalue weighted by Gasteiger charge is 2.73. The van der Waals surface area contributed by atoms with E-state index in [1.165, 1.54) is 25.1 Å². The summed E-state index contributed by atoms with van der Waals surface area (Å²) in [4.78, 5) is 25.6. The Labute approximate surface area is 216 Å². The third kappa shape index (κ3) is 6.34. The first-order valence-corrected chi connectivity index (χ1v) is 12.2. The normalized spacial score (nSPS) is 14.2. The van der Waals surface area contributed by atoms with Crippen molar-refractivity contribution in [3.05, 3.63) is 62.2 Å². The molecule has 0 bridgehead atoms. The maximum Gasteiger partial charge on any atom is 0.435 e. The van der Waals surface area contributed by atoms with Crippen molar-refractivity contribution in [1.29, 1.82) is 0 Å². The van der Waals surface area contributed by atoms with Crippen molar-refractivity contribution in [2.75, 3.05) is 11.1 Å². The highest BCUT2D eigenvalue weighted by molar-refractivity contribution is 14.1. The number of nitrogens with one attached hydrogen (secondary N) is 2. The van der Waals surface area contributed by atoms with Crippen LogP contribution in [0.15, 0.2) is 36.4 Å². The zero-order valence-corrected chi connectivity index (χ0v) is 21.3. The Bertz CT molecular complexity index is 1170. The number of hydrogen-bond donors (Lipinski definition) is 3. The van der Waals surface area contributed by atoms with E-state index in [0.717, 1.165) is 6.92 Å². The standard InChI is InChI=1S/C21H18F7IN2O4S/c1-10-8-12(19(22,20(23,24)25)21(26,27)28)6-7-15(10)31-17(32)13-4-3-5-14(29)16(13)18(33)30-11(2)9-36(34)35/h3-8,11H,9H2,1-2H3,(H,30,33)(H,31,32)(H,34,35)/t11-/m0/s1. The van der Waals surface area contributed by atoms with Gasteiger partial charge < -0.3 is 15.2 Å². The lowest BCUT2D eigenvalue weighted by molar-refractivity contribution is -0.348. The zero-order chi connectivity index (χ0) is 27.6. The molecule has 2 aromatic rings. The van der Waals surface area contributed by atoms with Crippen molar-refractivity contribution in [1.82, 2.24) is 5.32 Å². The minimum atomic E-state index is -6.29. The molecule has 0 saturated carbocycles. The minimum Gasteiger partial charge on any atom is -0.349 e. The van der Waals surface area contributed by atoms with Gasteiger partial charge in [-0.05, 0) is 60.2 Å². The first-order chi connectivity index (χ1) is 16.4. The molecular weight excluding hydrogens is 636 g/mol. The van der Waals surface area contributed by atoms with Crippen LogP contribution < -0.4 is 10.6 Å². The number of carbonyl (C=O) groups excluding carboxylic acids is 2. The van der Waals surface area contributed by atoms with Crippen molar-refractivity contribution in [2.24, 2.45) is 0 Å². The summed E-state index contributed by atoms with van der Waals surface area (Å²) in [6.45, 7) is 2.53. The smallest absolute Gasteiger partial charge is 0.349 e. The van der Waals surface area contributed by atoms with Gasteiger partial charge in [0.25, 0.3) is 11.8 Å². The van der Waals surface area contributed by atoms with Crippen LogP contribution in [0.2, 0.25) is 0 Å². The molecule has 2 aromatic carbocycles. The molecule has 36 heavy (non-hydrogen) atoms. The first-order valence-electron chi connectivity index (χ1n) is 9.81. The van der Waals surface area contributed by atoms with E-state index in [0.29, 0.717) is 15.7 Å². The molecule has 2 rings (SSSR count). The van der Waals surface area contributed by atoms with E-state index in [1.807, 2.05) is 0 Å². The number of carbonyl (C=O) groups is 2. The Morgan fingerprint density at radius 2 is 1.61 bits per heavy atom. The molecule has 0 aliphatic heterocycles. The van der Waals surface area contributed by atoms with E-state index in [-0.39, 0.29) is 34.2 Å². The lowest BCUT2D eigenvalue weighted by Crippen LogP contribution is -2.50. The molecular formula is C21H18F7IN2O4S. The van der Waals surface area contributed by atoms with E-state index >= 15 is 0 Å². The highest BCUT2D eigenvalue weighted by Crippen LogP contribution is 2.53. The summed E-state index contributed by atoms with van der Waals surface area (Å²) in [6, 6.07) is 4.73. The van der Waals surface area contributed by atoms with Crippen LogP contribution in [-0.4, -0.2) is 44.7 Å². The Morgan fingerprint density at radius 1 is 1.03 bits per heavy atom. The molecule has 0 heterocycles. The quantitative estimate of drug-likeness (QED) is 0.210. The van der Waals surface area contributed by atoms with Crippen LogP contribution in [0, 0.1) is 10.5 Å². The summed E-state index contributed by atoms with van der Waals surface area (Å²) < 4.78 is 113. The van der Waals surface area contributed by atoms with Crippen LogP contribution in [0.3, 0.4) is 0 Å². The van der Waals surface area contributed by atoms with Gasteiger partial charge in [-0.25, -0.2) is 8.60 Å². The summed E-state index contributed by atoms with van der Waals surface area (Å²) in [6.07, 6.45) is -12.6. The van der Waals surface area contributed by atoms with Crippen molar-refractivity contribution < 1.29 is 49.1 Å². The van der Waals surface area contributed by atoms with Gasteiger partial charge in [0.05, 0.1) is 16.9 Å². The molecule has 0 radical (unpaired) electrons. The molecule has 0 fully saturated rings. The number of alkyl halides is 7. The van der Waals surface area contributed by atoms with Crippen LogP contribution in [0.1, 0.15) is 38.8 Å². The Morgan fingerprint density at radius 3 is 2.11 bits per heavy atom. The van der Waals surface area contributed by atoms with E-state index in [9.17, 15) is 44.5 Å². The molecule has 1 unspecified atom stereocenters. The summed E-state index contributed by atoms with van der Waals surface area (Å²) >= 11 is -0.433. The molecule has 0 aromatic heterocycles. The van der Waals surface area contributed by atoms with Crippen molar-refractivity contribution in [3.63, 3.8) is 0 Å². The molecule has 0 spiro atoms. The monoisotopic (exact) mass is 654 g/mol. The number of rotatable bonds is 7. The second-order valence-corrected chi connectivity index (χ2v) is 9.80. The largest absolute Gasteiger partial charge is 0.435 e. The highest BCUT2D eigenvalue weighted by atomic mass is 127. The lowest BCUT2D eigenvalue weighted by atomic mass is 9.92. The fraction of sp³-hybridized carbons (Fsp3) is 0.333. The van der Waals surface area contributed by atoms with E-state index in [4.69, 9.17) is 4.55 Å². The van der Waals surface area contributed by atoms with Gasteiger partial charge in [0, 0.05) is 20.9 Å². The van der Waals surface area contributed by atoms with Gasteiger partial charge in [0.15, 0.2) is 11.1 Å². The number of halogens is 8. The first kappa shape index (κ1) is 30.0. The number of hydrogen-bond acceptors (Lipinski definition) is 3. The second-order valence-electron chi connectivity index (χ2n) is 7.66. The van der Waals surface area contributed by atoms with Crippen LogP contribution in [0.25, 0.3) is 0 Å². The average Bonchev–Trinajstić information content (AvgIpc) is 2.71. The van der Waals surface area contributed by atoms with Crippen molar-refractivity contribution in [2.45, 2.75) is 37.9 Å². The topological polar surface area (TPSA) is 95.5 Å². The van der Waals surface area contributed by atoms with Crippen LogP contribution in [-0.2, 0) is 16.7 Å². The van der Waals surface area contributed by atoms with Crippen LogP contribution in [0.4, 0.5) is 36.4 Å². The zero-order valence-electron chi connectivity index (χ0n) is 18.4. The van der Waals surface area contributed by atoms with Gasteiger partial charge in [0.1, 0.15) is 0 Å². The molecule has 15 heteroatoms. The molecule has 0 aliphatic rings. The second kappa shape index (κ2) is 11.0. The molecule has 2 atom stereocenters. The van der Waals surface area contributed by atoms with E-state index in [1.54, 1.807) is 22.6 Å². The van der Waals surface area contributed by atoms with Gasteiger partial charge >= 0.3 is 18.0 Å². The molecule has 198 valence electrons. The van der Waals surface area contributed by atoms with E-state index in [2.05, 4.69) is 10.6 Å². The van der Waals surface area contributed by atoms with Crippen molar-refractivity contribution in [3.8, 4) is 0 Å². The van der Waals surface area contributed by atoms with Crippen LogP contribution >= 0.6 is 22.6 Å². The Hall–Kier alpha value is -2.27. The fourth-order valence-corrected chi connectivity index (χ4v) is 4.45. The Balaban J connectivity index is 2.40. The third-order valence-electron chi connectivity index (χ3n) is 4.91. The van der Waals surface area contributed by atoms with Gasteiger partial charge in [-0.15, -0.1) is 0 Å². The summed E-state index contributed by atoms with van der Waals surface area (Å²) in [5.74, 6) is -1.97. The predicted octanol–water partition coefficient (Wildman–Crippen LogP) is 5.48. The molecule has 0 saturated heterocycles. The predicted molar refractivity (Wildman–Crippen MR) is 126 cm³/mol. The SMILES string of the molecule is Cc1cc(C(F)(C(F)(F)F)C(F)(F)F)ccc1NC(=O)c1cccc(I)c1C(=O)N[C@@H](C)CS(=O)O. The summed E-state index contributed by atoms with van der Waals surface area (Å²) in [5, 5.41) is 4.75. The summed E-state index contributed by atoms with van der Waals surface area (Å²) in [7, 11) is 0. The van der Waals surface area contributed by atoms with Crippen LogP contribution in [0.5, 0.6) is 0 Å². The number of aryl methyl sites for hydroxylation is 1. The summed E-state index contributed by atoms with van der Waals surface area (Å²) in [5.41, 5.74) is -8.15. The van der Waals surface area contributed by atoms with Crippen molar-refractivity contribution >= 4 is 51.2 Å². The molecule has 6 nitrogen and oxygen atoms in total. The van der Waals surface area contributed by atoms with Gasteiger partial charge in [0.2, 0.25) is 0 Å². The fourth-order valence-electron chi connectivity index (χ4n) is 3.19. The molecule has 3 N–H and O–H groups in total. The maximum absolute atomic E-state index is 14.3. The molecule has 0 aliphatic carbocycles.